The predicted octanol–water partition coefficient (Wildman–Crippen LogP) is 2.73. The number of rotatable bonds is 17. The summed E-state index contributed by atoms with van der Waals surface area (Å²) >= 11 is 2.61. The molecule has 18 amide bonds. The van der Waals surface area contributed by atoms with Gasteiger partial charge in [-0.15, -0.1) is 11.3 Å². The van der Waals surface area contributed by atoms with Gasteiger partial charge in [-0.3, -0.25) is 91.1 Å². The van der Waals surface area contributed by atoms with Crippen molar-refractivity contribution < 1.29 is 121 Å². The summed E-state index contributed by atoms with van der Waals surface area (Å²) in [5, 5.41) is 77.1. The third kappa shape index (κ3) is 32.7. The number of hydrogen-bond acceptors (Lipinski definition) is 24. The minimum Gasteiger partial charge on any atom is -0.481 e. The number of carboxylic acid groups (broad SMARTS) is 3. The van der Waals surface area contributed by atoms with E-state index in [1.54, 1.807) is 104 Å². The monoisotopic (exact) mass is 2070 g/mol. The third-order valence-corrected chi connectivity index (χ3v) is 28.2. The minimum atomic E-state index is -2.23. The number of carbonyl (C=O) groups excluding carboxylic acids is 18. The molecule has 0 radical (unpaired) electrons. The second-order valence-corrected chi connectivity index (χ2v) is 41.4. The highest BCUT2D eigenvalue weighted by molar-refractivity contribution is 7.17. The van der Waals surface area contributed by atoms with Crippen molar-refractivity contribution in [3.63, 3.8) is 0 Å². The predicted molar refractivity (Wildman–Crippen MR) is 538 cm³/mol. The van der Waals surface area contributed by atoms with E-state index < -0.39 is 251 Å². The van der Waals surface area contributed by atoms with E-state index in [0.717, 1.165) is 9.60 Å². The fraction of sp³-hybridized carbons (Fsp3) is 0.520. The average Bonchev–Trinajstić information content (AvgIpc) is 1.63. The zero-order chi connectivity index (χ0) is 107. The van der Waals surface area contributed by atoms with Crippen LogP contribution in [0.2, 0.25) is 0 Å². The first-order valence-corrected chi connectivity index (χ1v) is 51.1. The summed E-state index contributed by atoms with van der Waals surface area (Å²) in [5.41, 5.74) is -2.12. The fourth-order valence-corrected chi connectivity index (χ4v) is 20.0. The Morgan fingerprint density at radius 2 is 1.10 bits per heavy atom. The van der Waals surface area contributed by atoms with Crippen molar-refractivity contribution in [1.29, 1.82) is 0 Å². The molecule has 45 heteroatoms. The number of benzene rings is 3. The SMILES string of the molecule is CC(=O)N1CCC[C@]12C/C=C/CCC[C@]1(CCC/C=C/CCCOC(=O)N3CC[C@@]4(C3)NC(=O)[C@H](CCCCNC(=O)CC[C@@H](C(=O)N[C@@H](C)C(N)=O)NC(=O)[C@H](Cc3csc5ccccc35)NC(=O)[C@H](Cc3ccsc3)NC4=O)NC(=O)[C@H](Cc3ccccc3)NC(=O)[C@H](C)NC(=O)C(C)(C)NC(=O)[C@H](Cc3cccc(C(=O)O)c3)NC(=O)[C@H](CC(=O)O)NC1=O)NC(=O)[C@H](CC(C)(C)C)NC(=O)[C@H](CC(=O)O)NC2=O. The molecule has 0 unspecified atom stereocenters. The number of allylic oxidation sites excluding steroid dienone is 3. The number of aromatic carboxylic acids is 1. The number of ether oxygens (including phenoxy) is 1. The molecule has 3 aromatic carbocycles. The Morgan fingerprint density at radius 1 is 0.531 bits per heavy atom. The Morgan fingerprint density at radius 3 is 1.75 bits per heavy atom. The fourth-order valence-electron chi connectivity index (χ4n) is 18.3. The Kier molecular flexibility index (Phi) is 40.9. The van der Waals surface area contributed by atoms with Crippen LogP contribution in [-0.2, 0) is 122 Å². The number of thiophene rings is 2. The topological polar surface area (TPSA) is 641 Å². The van der Waals surface area contributed by atoms with Crippen molar-refractivity contribution in [3.8, 4) is 0 Å². The van der Waals surface area contributed by atoms with Crippen LogP contribution in [-0.4, -0.2) is 271 Å². The maximum atomic E-state index is 16.1. The van der Waals surface area contributed by atoms with E-state index in [2.05, 4.69) is 79.8 Å². The molecule has 794 valence electrons. The van der Waals surface area contributed by atoms with Gasteiger partial charge < -0.3 is 115 Å². The van der Waals surface area contributed by atoms with Crippen molar-refractivity contribution in [3.05, 3.63) is 153 Å². The van der Waals surface area contributed by atoms with E-state index in [0.29, 0.717) is 28.5 Å². The highest BCUT2D eigenvalue weighted by Crippen LogP contribution is 2.36. The maximum Gasteiger partial charge on any atom is 0.409 e. The molecule has 3 spiro atoms. The van der Waals surface area contributed by atoms with Gasteiger partial charge in [-0.1, -0.05) is 106 Å². The Bertz CT molecular complexity index is 5750. The van der Waals surface area contributed by atoms with Gasteiger partial charge in [0, 0.05) is 63.4 Å². The lowest BCUT2D eigenvalue weighted by Gasteiger charge is -2.38. The van der Waals surface area contributed by atoms with Crippen LogP contribution in [0.25, 0.3) is 10.1 Å². The van der Waals surface area contributed by atoms with Crippen LogP contribution in [0.5, 0.6) is 0 Å². The third-order valence-electron chi connectivity index (χ3n) is 26.5. The molecular weight excluding hydrogens is 1940 g/mol. The molecule has 147 heavy (non-hydrogen) atoms. The van der Waals surface area contributed by atoms with Gasteiger partial charge in [0.25, 0.3) is 0 Å². The lowest BCUT2D eigenvalue weighted by molar-refractivity contribution is -0.146. The molecule has 0 saturated carbocycles. The second-order valence-electron chi connectivity index (χ2n) is 39.7. The number of nitrogens with zero attached hydrogens (tertiary/aromatic N) is 2. The first-order chi connectivity index (χ1) is 69.7. The highest BCUT2D eigenvalue weighted by atomic mass is 32.1. The largest absolute Gasteiger partial charge is 0.481 e. The van der Waals surface area contributed by atoms with E-state index in [1.165, 1.54) is 86.5 Å². The molecule has 43 nitrogen and oxygen atoms in total. The molecule has 20 N–H and O–H groups in total. The molecule has 2 aromatic heterocycles. The Hall–Kier alpha value is -14.5. The smallest absolute Gasteiger partial charge is 0.409 e. The molecule has 10 rings (SSSR count). The molecule has 0 aliphatic carbocycles. The Labute approximate surface area is 858 Å². The van der Waals surface area contributed by atoms with Gasteiger partial charge in [0.1, 0.15) is 88.6 Å². The molecule has 5 aliphatic heterocycles. The number of nitrogens with one attached hydrogen (secondary N) is 15. The summed E-state index contributed by atoms with van der Waals surface area (Å²) in [6.45, 7) is 10.2. The number of hydrogen-bond donors (Lipinski definition) is 19. The molecule has 5 aliphatic rings. The van der Waals surface area contributed by atoms with Crippen molar-refractivity contribution in [2.24, 2.45) is 11.1 Å². The van der Waals surface area contributed by atoms with E-state index in [1.807, 2.05) is 18.2 Å². The second kappa shape index (κ2) is 52.5. The molecule has 3 saturated heterocycles. The van der Waals surface area contributed by atoms with Crippen molar-refractivity contribution in [2.75, 3.05) is 32.8 Å². The van der Waals surface area contributed by atoms with E-state index in [-0.39, 0.29) is 159 Å². The number of carbonyl (C=O) groups is 21. The zero-order valence-electron chi connectivity index (χ0n) is 83.6. The summed E-state index contributed by atoms with van der Waals surface area (Å²) in [7, 11) is 0. The quantitative estimate of drug-likeness (QED) is 0.0595. The average molecular weight is 2080 g/mol. The first kappa shape index (κ1) is 114. The van der Waals surface area contributed by atoms with E-state index in [9.17, 15) is 72.9 Å². The van der Waals surface area contributed by atoms with Gasteiger partial charge in [0.15, 0.2) is 0 Å². The molecule has 3 fully saturated rings. The van der Waals surface area contributed by atoms with Crippen LogP contribution in [0.15, 0.2) is 125 Å². The van der Waals surface area contributed by atoms with E-state index >= 15 is 43.2 Å². The summed E-state index contributed by atoms with van der Waals surface area (Å²) < 4.78 is 6.71. The summed E-state index contributed by atoms with van der Waals surface area (Å²) in [6.07, 6.45) is 0.811. The number of nitrogens with two attached hydrogens (primary N) is 1. The number of primary amides is 1. The normalized spacial score (nSPS) is 26.6. The van der Waals surface area contributed by atoms with Crippen LogP contribution in [0.3, 0.4) is 0 Å². The van der Waals surface area contributed by atoms with Crippen LogP contribution in [0.4, 0.5) is 4.79 Å². The summed E-state index contributed by atoms with van der Waals surface area (Å²) in [6, 6.07) is 3.84. The van der Waals surface area contributed by atoms with Gasteiger partial charge in [-0.25, -0.2) is 9.59 Å². The van der Waals surface area contributed by atoms with Crippen LogP contribution in [0.1, 0.15) is 216 Å². The molecule has 3 bridgehead atoms. The van der Waals surface area contributed by atoms with E-state index in [4.69, 9.17) is 10.5 Å². The van der Waals surface area contributed by atoms with Gasteiger partial charge in [0.2, 0.25) is 100 Å². The molecular formula is C102H134N18O25S2. The minimum absolute atomic E-state index is 0.00271. The number of fused-ring (bicyclic) bond motifs is 4. The number of carboxylic acids is 3. The van der Waals surface area contributed by atoms with Crippen molar-refractivity contribution in [2.45, 2.75) is 298 Å². The molecule has 5 aromatic rings. The van der Waals surface area contributed by atoms with Crippen molar-refractivity contribution >= 4 is 157 Å². The standard InChI is InChI=1S/C102H134N18O25S2/c1-59(81(103)127)105-83(129)69-35-36-78(122)104-43-24-20-33-68-89(135)118-101(95(142)113-71(51-64-37-47-146-56-64)85(131)111-73(86(132)108-69)52-66-57-147-77-34-19-18-32-67(66)77)42-45-119(58-101)97(144)145-46-25-14-10-9-11-21-38-100(39-22-12-13-23-40-102(41-27-44-120(102)61(3)121)96(143)115-75(54-80(125)126)88(134)112-76(91(137)117-100)55-98(4,5)6)94(141)114-74(53-79(123)124)87(133)110-72(50-63-30-26-31-65(48-63)92(138)139)90(136)116-99(7,8)93(140)106-60(2)82(128)109-70(84(130)107-68)49-62-28-16-15-17-29-62/h9-10,13,15-19,23,26,28-32,34,37,47-48,56-57,59-60,68-76H,11-12,14,20-22,24-25,27,33,35-36,38-46,49-55,58H2,1-8H3,(H2,103,127)(H,104,122)(H,105,129)(H,106,140)(H,107,130)(H,108,132)(H,109,128)(H,110,133)(H,111,131)(H,112,134)(H,113,142)(H,114,141)(H,115,143)(H,116,136)(H,117,137)(H,118,135)(H,123,124)(H,125,126)(H,138,139)/b10-9+,23-13+/t59-,60-,68-,69-,70-,71-,72-,73-,74-,75-,76-,100-,101-,102-/m0/s1. The van der Waals surface area contributed by atoms with Crippen LogP contribution in [0, 0.1) is 5.41 Å². The molecule has 14 atom stereocenters. The Balaban J connectivity index is 1.05. The molecule has 7 heterocycles. The van der Waals surface area contributed by atoms with Gasteiger partial charge in [-0.2, -0.15) is 11.3 Å². The number of cyclic esters (lactones) is 1. The zero-order valence-corrected chi connectivity index (χ0v) is 85.2. The lowest BCUT2D eigenvalue weighted by atomic mass is 9.83. The summed E-state index contributed by atoms with van der Waals surface area (Å²) in [5.74, 6) is -21.3. The highest BCUT2D eigenvalue weighted by Gasteiger charge is 2.53. The van der Waals surface area contributed by atoms with Gasteiger partial charge in [-0.05, 0) is 210 Å². The lowest BCUT2D eigenvalue weighted by Crippen LogP contribution is -2.66. The van der Waals surface area contributed by atoms with Crippen LogP contribution < -0.4 is 85.5 Å². The maximum absolute atomic E-state index is 16.1. The first-order valence-electron chi connectivity index (χ1n) is 49.3. The van der Waals surface area contributed by atoms with Gasteiger partial charge in [0.05, 0.1) is 31.6 Å². The number of aliphatic carboxylic acids is 2. The van der Waals surface area contributed by atoms with Gasteiger partial charge >= 0.3 is 24.0 Å². The number of likely N-dealkylation sites (tertiary alicyclic amines) is 1. The van der Waals surface area contributed by atoms with Crippen LogP contribution >= 0.6 is 22.7 Å². The number of amides is 18. The summed E-state index contributed by atoms with van der Waals surface area (Å²) in [4.78, 5) is 309. The van der Waals surface area contributed by atoms with Crippen molar-refractivity contribution in [1.82, 2.24) is 89.6 Å².